The van der Waals surface area contributed by atoms with Crippen molar-refractivity contribution >= 4 is 22.9 Å². The third-order valence-corrected chi connectivity index (χ3v) is 3.58. The summed E-state index contributed by atoms with van der Waals surface area (Å²) < 4.78 is 5.41. The number of aryl methyl sites for hydroxylation is 1. The number of fused-ring (bicyclic) bond motifs is 1. The minimum Gasteiger partial charge on any atom is -0.494 e. The molecule has 1 heterocycles. The Kier molecular flexibility index (Phi) is 3.83. The number of carbonyl (C=O) groups is 1. The molecule has 22 heavy (non-hydrogen) atoms. The first-order valence-electron chi connectivity index (χ1n) is 7.30. The zero-order valence-electron chi connectivity index (χ0n) is 12.6. The van der Waals surface area contributed by atoms with E-state index in [-0.39, 0.29) is 5.91 Å². The molecule has 0 unspecified atom stereocenters. The highest BCUT2D eigenvalue weighted by atomic mass is 16.5. The van der Waals surface area contributed by atoms with E-state index in [2.05, 4.69) is 10.6 Å². The Morgan fingerprint density at radius 2 is 1.95 bits per heavy atom. The Morgan fingerprint density at radius 3 is 2.68 bits per heavy atom. The summed E-state index contributed by atoms with van der Waals surface area (Å²) in [6, 6.07) is 13.5. The molecule has 4 heteroatoms. The summed E-state index contributed by atoms with van der Waals surface area (Å²) in [5.41, 5.74) is 4.47. The topological polar surface area (TPSA) is 50.4 Å². The monoisotopic (exact) mass is 294 g/mol. The first-order valence-corrected chi connectivity index (χ1v) is 7.30. The molecular formula is C18H18N2O2. The van der Waals surface area contributed by atoms with Crippen molar-refractivity contribution in [3.8, 4) is 5.75 Å². The van der Waals surface area contributed by atoms with Crippen LogP contribution in [-0.4, -0.2) is 12.5 Å². The van der Waals surface area contributed by atoms with Crippen LogP contribution in [0.25, 0.3) is 5.57 Å². The molecule has 0 atom stereocenters. The molecule has 0 aliphatic carbocycles. The third-order valence-electron chi connectivity index (χ3n) is 3.58. The second kappa shape index (κ2) is 5.93. The lowest BCUT2D eigenvalue weighted by Crippen LogP contribution is -2.05. The minimum absolute atomic E-state index is 0.0808. The fraction of sp³-hybridized carbons (Fsp3) is 0.167. The van der Waals surface area contributed by atoms with Gasteiger partial charge in [-0.2, -0.15) is 0 Å². The van der Waals surface area contributed by atoms with Crippen LogP contribution >= 0.6 is 0 Å². The number of anilines is 2. The minimum atomic E-state index is -0.0808. The van der Waals surface area contributed by atoms with Gasteiger partial charge in [-0.3, -0.25) is 4.79 Å². The largest absolute Gasteiger partial charge is 0.494 e. The maximum Gasteiger partial charge on any atom is 0.257 e. The van der Waals surface area contributed by atoms with Crippen LogP contribution in [0, 0.1) is 6.92 Å². The van der Waals surface area contributed by atoms with Crippen LogP contribution in [0.5, 0.6) is 5.75 Å². The van der Waals surface area contributed by atoms with Crippen molar-refractivity contribution < 1.29 is 9.53 Å². The van der Waals surface area contributed by atoms with Crippen molar-refractivity contribution in [1.82, 2.24) is 0 Å². The normalized spacial score (nSPS) is 14.6. The molecule has 0 aromatic heterocycles. The van der Waals surface area contributed by atoms with Gasteiger partial charge in [0.15, 0.2) is 0 Å². The first kappa shape index (κ1) is 14.2. The van der Waals surface area contributed by atoms with Crippen molar-refractivity contribution in [2.75, 3.05) is 17.2 Å². The van der Waals surface area contributed by atoms with E-state index in [1.807, 2.05) is 56.3 Å². The number of amides is 1. The molecule has 1 amide bonds. The van der Waals surface area contributed by atoms with Gasteiger partial charge >= 0.3 is 0 Å². The van der Waals surface area contributed by atoms with Gasteiger partial charge in [-0.15, -0.1) is 0 Å². The Bertz CT molecular complexity index is 733. The van der Waals surface area contributed by atoms with Crippen LogP contribution in [0.15, 0.2) is 48.7 Å². The highest BCUT2D eigenvalue weighted by molar-refractivity contribution is 6.32. The van der Waals surface area contributed by atoms with Gasteiger partial charge in [-0.25, -0.2) is 0 Å². The van der Waals surface area contributed by atoms with E-state index in [0.717, 1.165) is 28.3 Å². The highest BCUT2D eigenvalue weighted by Crippen LogP contribution is 2.34. The molecule has 0 saturated heterocycles. The SMILES string of the molecule is CCOc1ccc(N/C=C2\C(=O)Nc3cccc(C)c32)cc1. The first-order chi connectivity index (χ1) is 10.7. The Labute approximate surface area is 129 Å². The zero-order valence-corrected chi connectivity index (χ0v) is 12.6. The predicted molar refractivity (Wildman–Crippen MR) is 89.0 cm³/mol. The lowest BCUT2D eigenvalue weighted by molar-refractivity contribution is -0.110. The molecule has 0 radical (unpaired) electrons. The van der Waals surface area contributed by atoms with Crippen LogP contribution in [0.4, 0.5) is 11.4 Å². The molecule has 0 spiro atoms. The van der Waals surface area contributed by atoms with Gasteiger partial charge in [0.1, 0.15) is 5.75 Å². The quantitative estimate of drug-likeness (QED) is 0.843. The lowest BCUT2D eigenvalue weighted by atomic mass is 10.0. The van der Waals surface area contributed by atoms with Gasteiger partial charge in [-0.05, 0) is 49.7 Å². The molecule has 112 valence electrons. The summed E-state index contributed by atoms with van der Waals surface area (Å²) in [6.07, 6.45) is 1.75. The highest BCUT2D eigenvalue weighted by Gasteiger charge is 2.25. The van der Waals surface area contributed by atoms with Crippen molar-refractivity contribution in [2.45, 2.75) is 13.8 Å². The number of benzene rings is 2. The molecule has 1 aliphatic heterocycles. The third kappa shape index (κ3) is 2.68. The van der Waals surface area contributed by atoms with Crippen molar-refractivity contribution in [3.05, 3.63) is 59.8 Å². The van der Waals surface area contributed by atoms with Gasteiger partial charge < -0.3 is 15.4 Å². The summed E-state index contributed by atoms with van der Waals surface area (Å²) in [5.74, 6) is 0.753. The standard InChI is InChI=1S/C18H18N2O2/c1-3-22-14-9-7-13(8-10-14)19-11-15-17-12(2)5-4-6-16(17)20-18(15)21/h4-11,19H,3H2,1-2H3,(H,20,21)/b15-11-. The number of hydrogen-bond acceptors (Lipinski definition) is 3. The summed E-state index contributed by atoms with van der Waals surface area (Å²) in [6.45, 7) is 4.60. The van der Waals surface area contributed by atoms with E-state index >= 15 is 0 Å². The summed E-state index contributed by atoms with van der Waals surface area (Å²) in [4.78, 5) is 12.1. The summed E-state index contributed by atoms with van der Waals surface area (Å²) in [5, 5.41) is 6.06. The fourth-order valence-electron chi connectivity index (χ4n) is 2.54. The van der Waals surface area contributed by atoms with Gasteiger partial charge in [0, 0.05) is 23.1 Å². The molecule has 3 rings (SSSR count). The van der Waals surface area contributed by atoms with Crippen molar-refractivity contribution in [1.29, 1.82) is 0 Å². The second-order valence-corrected chi connectivity index (χ2v) is 5.11. The molecular weight excluding hydrogens is 276 g/mol. The molecule has 2 aromatic carbocycles. The van der Waals surface area contributed by atoms with Crippen LogP contribution in [0.3, 0.4) is 0 Å². The van der Waals surface area contributed by atoms with E-state index in [0.29, 0.717) is 12.2 Å². The number of ether oxygens (including phenoxy) is 1. The maximum absolute atomic E-state index is 12.1. The molecule has 2 N–H and O–H groups in total. The summed E-state index contributed by atoms with van der Waals surface area (Å²) in [7, 11) is 0. The molecule has 2 aromatic rings. The van der Waals surface area contributed by atoms with Crippen LogP contribution in [-0.2, 0) is 4.79 Å². The van der Waals surface area contributed by atoms with E-state index in [1.54, 1.807) is 6.20 Å². The molecule has 1 aliphatic rings. The number of carbonyl (C=O) groups excluding carboxylic acids is 1. The van der Waals surface area contributed by atoms with Crippen molar-refractivity contribution in [2.24, 2.45) is 0 Å². The Hall–Kier alpha value is -2.75. The Morgan fingerprint density at radius 1 is 1.18 bits per heavy atom. The van der Waals surface area contributed by atoms with Gasteiger partial charge in [0.2, 0.25) is 0 Å². The molecule has 4 nitrogen and oxygen atoms in total. The van der Waals surface area contributed by atoms with Crippen LogP contribution in [0.1, 0.15) is 18.1 Å². The van der Waals surface area contributed by atoms with E-state index < -0.39 is 0 Å². The second-order valence-electron chi connectivity index (χ2n) is 5.11. The van der Waals surface area contributed by atoms with E-state index in [1.165, 1.54) is 0 Å². The van der Waals surface area contributed by atoms with Crippen LogP contribution < -0.4 is 15.4 Å². The lowest BCUT2D eigenvalue weighted by Gasteiger charge is -2.06. The van der Waals surface area contributed by atoms with Gasteiger partial charge in [-0.1, -0.05) is 12.1 Å². The average molecular weight is 294 g/mol. The Balaban J connectivity index is 1.83. The van der Waals surface area contributed by atoms with E-state index in [9.17, 15) is 4.79 Å². The predicted octanol–water partition coefficient (Wildman–Crippen LogP) is 3.80. The van der Waals surface area contributed by atoms with E-state index in [4.69, 9.17) is 4.74 Å². The van der Waals surface area contributed by atoms with Crippen molar-refractivity contribution in [3.63, 3.8) is 0 Å². The fourth-order valence-corrected chi connectivity index (χ4v) is 2.54. The van der Waals surface area contributed by atoms with Gasteiger partial charge in [0.05, 0.1) is 12.2 Å². The molecule has 0 saturated carbocycles. The van der Waals surface area contributed by atoms with Crippen LogP contribution in [0.2, 0.25) is 0 Å². The zero-order chi connectivity index (χ0) is 15.5. The number of hydrogen-bond donors (Lipinski definition) is 2. The number of nitrogens with one attached hydrogen (secondary N) is 2. The van der Waals surface area contributed by atoms with Gasteiger partial charge in [0.25, 0.3) is 5.91 Å². The smallest absolute Gasteiger partial charge is 0.257 e. The molecule has 0 fully saturated rings. The number of rotatable bonds is 4. The average Bonchev–Trinajstić information content (AvgIpc) is 2.84. The maximum atomic E-state index is 12.1. The summed E-state index contributed by atoms with van der Waals surface area (Å²) >= 11 is 0. The molecule has 0 bridgehead atoms.